The number of nitrogens with zero attached hydrogens (tertiary/aromatic N) is 3. The molecule has 1 aliphatic heterocycles. The third kappa shape index (κ3) is 3.84. The number of benzene rings is 1. The first-order valence-electron chi connectivity index (χ1n) is 6.67. The van der Waals surface area contributed by atoms with Crippen molar-refractivity contribution >= 4 is 47.8 Å². The minimum Gasteiger partial charge on any atom is -0.383 e. The van der Waals surface area contributed by atoms with E-state index in [9.17, 15) is 4.79 Å². The van der Waals surface area contributed by atoms with E-state index < -0.39 is 0 Å². The Kier molecular flexibility index (Phi) is 6.96. The number of anilines is 1. The number of hydrogen-bond acceptors (Lipinski definition) is 6. The van der Waals surface area contributed by atoms with Gasteiger partial charge >= 0.3 is 0 Å². The van der Waals surface area contributed by atoms with Crippen LogP contribution in [0.3, 0.4) is 0 Å². The molecule has 0 spiro atoms. The summed E-state index contributed by atoms with van der Waals surface area (Å²) in [4.78, 5) is 21.5. The molecule has 6 nitrogen and oxygen atoms in total. The number of fused-ring (bicyclic) bond motifs is 1. The second kappa shape index (κ2) is 8.24. The minimum atomic E-state index is -0.0603. The highest BCUT2D eigenvalue weighted by Gasteiger charge is 2.21. The molecule has 1 atom stereocenters. The maximum absolute atomic E-state index is 11.1. The van der Waals surface area contributed by atoms with Crippen LogP contribution in [0.5, 0.6) is 0 Å². The van der Waals surface area contributed by atoms with Crippen LogP contribution in [0.4, 0.5) is 5.82 Å². The van der Waals surface area contributed by atoms with E-state index >= 15 is 0 Å². The number of piperazine rings is 1. The summed E-state index contributed by atoms with van der Waals surface area (Å²) in [5, 5.41) is 4.09. The van der Waals surface area contributed by atoms with Crippen molar-refractivity contribution in [2.24, 2.45) is 0 Å². The SMILES string of the molecule is Cl.Cl.Nc1ncnc2cc(CN3CCNCC3C=O)ccc12. The fourth-order valence-electron chi connectivity index (χ4n) is 2.55. The molecule has 0 saturated carbocycles. The molecule has 3 N–H and O–H groups in total. The van der Waals surface area contributed by atoms with E-state index in [-0.39, 0.29) is 30.9 Å². The van der Waals surface area contributed by atoms with Gasteiger partial charge in [0.15, 0.2) is 0 Å². The molecule has 2 aromatic rings. The topological polar surface area (TPSA) is 84.1 Å². The number of halogens is 2. The summed E-state index contributed by atoms with van der Waals surface area (Å²) in [6.07, 6.45) is 2.48. The fraction of sp³-hybridized carbons (Fsp3) is 0.357. The van der Waals surface area contributed by atoms with E-state index in [1.807, 2.05) is 18.2 Å². The molecule has 1 fully saturated rings. The number of nitrogen functional groups attached to an aromatic ring is 1. The summed E-state index contributed by atoms with van der Waals surface area (Å²) in [5.74, 6) is 0.495. The first kappa shape index (κ1) is 18.6. The highest BCUT2D eigenvalue weighted by molar-refractivity contribution is 5.88. The van der Waals surface area contributed by atoms with E-state index in [2.05, 4.69) is 20.2 Å². The van der Waals surface area contributed by atoms with Crippen LogP contribution in [0, 0.1) is 0 Å². The van der Waals surface area contributed by atoms with Crippen LogP contribution in [0.25, 0.3) is 10.9 Å². The predicted octanol–water partition coefficient (Wildman–Crippen LogP) is 1.03. The van der Waals surface area contributed by atoms with Crippen LogP contribution in [0.2, 0.25) is 0 Å². The number of rotatable bonds is 3. The molecule has 0 radical (unpaired) electrons. The molecule has 1 aromatic carbocycles. The van der Waals surface area contributed by atoms with E-state index in [4.69, 9.17) is 5.73 Å². The van der Waals surface area contributed by atoms with Crippen molar-refractivity contribution in [3.8, 4) is 0 Å². The quantitative estimate of drug-likeness (QED) is 0.809. The predicted molar refractivity (Wildman–Crippen MR) is 91.6 cm³/mol. The van der Waals surface area contributed by atoms with Crippen LogP contribution in [0.15, 0.2) is 24.5 Å². The molecule has 8 heteroatoms. The third-order valence-electron chi connectivity index (χ3n) is 3.67. The van der Waals surface area contributed by atoms with Crippen LogP contribution < -0.4 is 11.1 Å². The van der Waals surface area contributed by atoms with Gasteiger partial charge < -0.3 is 15.8 Å². The lowest BCUT2D eigenvalue weighted by Gasteiger charge is -2.32. The lowest BCUT2D eigenvalue weighted by Crippen LogP contribution is -2.51. The molecule has 1 unspecified atom stereocenters. The Labute approximate surface area is 141 Å². The molecule has 0 amide bonds. The average Bonchev–Trinajstić information content (AvgIpc) is 2.48. The van der Waals surface area contributed by atoms with Gasteiger partial charge in [0.05, 0.1) is 11.6 Å². The maximum Gasteiger partial charge on any atom is 0.138 e. The number of aromatic nitrogens is 2. The summed E-state index contributed by atoms with van der Waals surface area (Å²) < 4.78 is 0. The molecule has 120 valence electrons. The number of aldehydes is 1. The molecule has 1 saturated heterocycles. The van der Waals surface area contributed by atoms with E-state index in [1.165, 1.54) is 6.33 Å². The van der Waals surface area contributed by atoms with Crippen LogP contribution in [-0.4, -0.2) is 46.8 Å². The van der Waals surface area contributed by atoms with Crippen molar-refractivity contribution in [2.75, 3.05) is 25.4 Å². The summed E-state index contributed by atoms with van der Waals surface area (Å²) in [6, 6.07) is 5.91. The van der Waals surface area contributed by atoms with E-state index in [1.54, 1.807) is 0 Å². The van der Waals surface area contributed by atoms with Crippen LogP contribution in [0.1, 0.15) is 5.56 Å². The fourth-order valence-corrected chi connectivity index (χ4v) is 2.55. The number of carbonyl (C=O) groups is 1. The molecule has 0 bridgehead atoms. The molecule has 22 heavy (non-hydrogen) atoms. The lowest BCUT2D eigenvalue weighted by molar-refractivity contribution is -0.113. The van der Waals surface area contributed by atoms with Gasteiger partial charge in [-0.1, -0.05) is 6.07 Å². The first-order chi connectivity index (χ1) is 9.78. The molecular weight excluding hydrogens is 325 g/mol. The van der Waals surface area contributed by atoms with Crippen molar-refractivity contribution in [3.63, 3.8) is 0 Å². The van der Waals surface area contributed by atoms with Crippen molar-refractivity contribution in [1.29, 1.82) is 0 Å². The van der Waals surface area contributed by atoms with Gasteiger partial charge in [0.1, 0.15) is 18.4 Å². The van der Waals surface area contributed by atoms with E-state index in [0.29, 0.717) is 12.4 Å². The van der Waals surface area contributed by atoms with Crippen molar-refractivity contribution < 1.29 is 4.79 Å². The average molecular weight is 344 g/mol. The van der Waals surface area contributed by atoms with Crippen LogP contribution >= 0.6 is 24.8 Å². The summed E-state index contributed by atoms with van der Waals surface area (Å²) in [6.45, 7) is 3.23. The maximum atomic E-state index is 11.1. The standard InChI is InChI=1S/C14H17N5O.2ClH/c15-14-12-2-1-10(5-13(12)17-9-18-14)7-19-4-3-16-6-11(19)8-20;;/h1-2,5,8-9,11,16H,3-4,6-7H2,(H2,15,17,18);2*1H. The first-order valence-corrected chi connectivity index (χ1v) is 6.67. The summed E-state index contributed by atoms with van der Waals surface area (Å²) in [7, 11) is 0. The smallest absolute Gasteiger partial charge is 0.138 e. The zero-order valence-electron chi connectivity index (χ0n) is 11.9. The third-order valence-corrected chi connectivity index (χ3v) is 3.67. The van der Waals surface area contributed by atoms with Gasteiger partial charge in [-0.2, -0.15) is 0 Å². The van der Waals surface area contributed by atoms with Crippen molar-refractivity contribution in [2.45, 2.75) is 12.6 Å². The van der Waals surface area contributed by atoms with E-state index in [0.717, 1.165) is 42.4 Å². The Morgan fingerprint density at radius 1 is 1.36 bits per heavy atom. The highest BCUT2D eigenvalue weighted by Crippen LogP contribution is 2.19. The van der Waals surface area contributed by atoms with Gasteiger partial charge in [0, 0.05) is 31.6 Å². The zero-order valence-corrected chi connectivity index (χ0v) is 13.6. The van der Waals surface area contributed by atoms with Gasteiger partial charge in [-0.15, -0.1) is 24.8 Å². The lowest BCUT2D eigenvalue weighted by atomic mass is 10.1. The van der Waals surface area contributed by atoms with Gasteiger partial charge in [0.25, 0.3) is 0 Å². The van der Waals surface area contributed by atoms with Crippen molar-refractivity contribution in [3.05, 3.63) is 30.1 Å². The van der Waals surface area contributed by atoms with Gasteiger partial charge in [-0.25, -0.2) is 9.97 Å². The molecule has 1 aliphatic rings. The minimum absolute atomic E-state index is 0. The van der Waals surface area contributed by atoms with Crippen LogP contribution in [-0.2, 0) is 11.3 Å². The number of nitrogens with two attached hydrogens (primary N) is 1. The number of hydrogen-bond donors (Lipinski definition) is 2. The Bertz CT molecular complexity index is 640. The van der Waals surface area contributed by atoms with Crippen molar-refractivity contribution in [1.82, 2.24) is 20.2 Å². The van der Waals surface area contributed by atoms with Gasteiger partial charge in [-0.05, 0) is 17.7 Å². The van der Waals surface area contributed by atoms with Gasteiger partial charge in [0.2, 0.25) is 0 Å². The molecule has 0 aliphatic carbocycles. The normalized spacial score (nSPS) is 18.3. The highest BCUT2D eigenvalue weighted by atomic mass is 35.5. The molecule has 1 aromatic heterocycles. The second-order valence-corrected chi connectivity index (χ2v) is 4.99. The Balaban J connectivity index is 0.00000121. The Morgan fingerprint density at radius 3 is 2.95 bits per heavy atom. The summed E-state index contributed by atoms with van der Waals surface area (Å²) >= 11 is 0. The second-order valence-electron chi connectivity index (χ2n) is 4.99. The Morgan fingerprint density at radius 2 is 2.18 bits per heavy atom. The Hall–Kier alpha value is -1.47. The van der Waals surface area contributed by atoms with Gasteiger partial charge in [-0.3, -0.25) is 4.90 Å². The number of carbonyl (C=O) groups excluding carboxylic acids is 1. The molecule has 3 rings (SSSR count). The largest absolute Gasteiger partial charge is 0.383 e. The molecular formula is C14H19Cl2N5O. The monoisotopic (exact) mass is 343 g/mol. The zero-order chi connectivity index (χ0) is 13.9. The molecule has 2 heterocycles. The number of nitrogens with one attached hydrogen (secondary N) is 1. The summed E-state index contributed by atoms with van der Waals surface area (Å²) in [5.41, 5.74) is 7.79.